The fourth-order valence-electron chi connectivity index (χ4n) is 0.0680. The fourth-order valence-corrected chi connectivity index (χ4v) is 0.0680. The van der Waals surface area contributed by atoms with Crippen LogP contribution in [0.4, 0.5) is 0 Å². The average Bonchev–Trinajstić information content (AvgIpc) is 2.04. The van der Waals surface area contributed by atoms with Crippen molar-refractivity contribution in [3.8, 4) is 6.07 Å². The van der Waals surface area contributed by atoms with Gasteiger partial charge in [0.05, 0.1) is 6.07 Å². The van der Waals surface area contributed by atoms with E-state index in [1.54, 1.807) is 19.9 Å². The van der Waals surface area contributed by atoms with Crippen molar-refractivity contribution in [1.29, 1.82) is 5.26 Å². The molecule has 0 fully saturated rings. The zero-order chi connectivity index (χ0) is 9.28. The molecule has 0 aliphatic rings. The first-order chi connectivity index (χ1) is 5.08. The first-order valence-electron chi connectivity index (χ1n) is 3.22. The molecule has 0 aliphatic heterocycles. The smallest absolute Gasteiger partial charge is 0.145 e. The van der Waals surface area contributed by atoms with Crippen molar-refractivity contribution < 1.29 is 4.79 Å². The third kappa shape index (κ3) is 17.7. The Bertz CT molecular complexity index is 196. The summed E-state index contributed by atoms with van der Waals surface area (Å²) in [7, 11) is 0. The topological polar surface area (TPSA) is 40.9 Å². The summed E-state index contributed by atoms with van der Waals surface area (Å²) in [5.41, 5.74) is 1.35. The number of aldehydes is 1. The number of nitrogens with zero attached hydrogens (tertiary/aromatic N) is 1. The van der Waals surface area contributed by atoms with E-state index in [1.807, 2.05) is 13.0 Å². The lowest BCUT2D eigenvalue weighted by atomic mass is 10.3. The molecule has 0 amide bonds. The van der Waals surface area contributed by atoms with Crippen LogP contribution in [0.25, 0.3) is 0 Å². The summed E-state index contributed by atoms with van der Waals surface area (Å²) < 4.78 is 0. The zero-order valence-electron chi connectivity index (χ0n) is 7.22. The van der Waals surface area contributed by atoms with Gasteiger partial charge in [-0.25, -0.2) is 0 Å². The van der Waals surface area contributed by atoms with E-state index in [0.717, 1.165) is 11.9 Å². The Balaban J connectivity index is 0. The summed E-state index contributed by atoms with van der Waals surface area (Å²) in [6, 6.07) is 1.83. The highest BCUT2D eigenvalue weighted by Crippen LogP contribution is 1.80. The van der Waals surface area contributed by atoms with E-state index in [-0.39, 0.29) is 0 Å². The van der Waals surface area contributed by atoms with Crippen LogP contribution in [0.2, 0.25) is 0 Å². The molecule has 0 heterocycles. The molecule has 2 heteroatoms. The van der Waals surface area contributed by atoms with E-state index in [9.17, 15) is 4.79 Å². The van der Waals surface area contributed by atoms with Crippen LogP contribution in [0.5, 0.6) is 0 Å². The predicted molar refractivity (Wildman–Crippen MR) is 45.9 cm³/mol. The predicted octanol–water partition coefficient (Wildman–Crippen LogP) is 2.24. The minimum absolute atomic E-state index is 0.560. The fraction of sp³-hybridized carbons (Fsp3) is 0.333. The Morgan fingerprint density at radius 3 is 1.91 bits per heavy atom. The maximum Gasteiger partial charge on any atom is 0.145 e. The Labute approximate surface area is 67.8 Å². The van der Waals surface area contributed by atoms with Crippen molar-refractivity contribution in [1.82, 2.24) is 0 Å². The summed E-state index contributed by atoms with van der Waals surface area (Å²) in [5, 5.41) is 7.79. The molecule has 0 N–H and O–H groups in total. The summed E-state index contributed by atoms with van der Waals surface area (Å²) in [4.78, 5) is 9.67. The van der Waals surface area contributed by atoms with Crippen molar-refractivity contribution in [2.24, 2.45) is 0 Å². The minimum Gasteiger partial charge on any atom is -0.298 e. The Morgan fingerprint density at radius 2 is 1.91 bits per heavy atom. The third-order valence-corrected chi connectivity index (χ3v) is 0.832. The van der Waals surface area contributed by atoms with Gasteiger partial charge >= 0.3 is 0 Å². The monoisotopic (exact) mass is 151 g/mol. The molecule has 0 spiro atoms. The molecule has 0 saturated carbocycles. The molecule has 0 unspecified atom stereocenters. The van der Waals surface area contributed by atoms with Gasteiger partial charge in [0, 0.05) is 5.57 Å². The number of nitriles is 1. The third-order valence-electron chi connectivity index (χ3n) is 0.832. The van der Waals surface area contributed by atoms with Crippen molar-refractivity contribution >= 4 is 6.29 Å². The average molecular weight is 151 g/mol. The summed E-state index contributed by atoms with van der Waals surface area (Å²) >= 11 is 0. The van der Waals surface area contributed by atoms with E-state index in [4.69, 9.17) is 5.26 Å². The first-order valence-corrected chi connectivity index (χ1v) is 3.22. The van der Waals surface area contributed by atoms with Gasteiger partial charge in [0.1, 0.15) is 6.29 Å². The van der Waals surface area contributed by atoms with E-state index in [0.29, 0.717) is 5.57 Å². The minimum atomic E-state index is 0.560. The van der Waals surface area contributed by atoms with Gasteiger partial charge in [-0.1, -0.05) is 12.7 Å². The van der Waals surface area contributed by atoms with E-state index >= 15 is 0 Å². The molecule has 0 aliphatic carbocycles. The first kappa shape index (κ1) is 12.3. The Hall–Kier alpha value is -1.36. The highest BCUT2D eigenvalue weighted by atomic mass is 16.1. The molecular formula is C9H13NO. The van der Waals surface area contributed by atoms with Crippen LogP contribution in [-0.4, -0.2) is 6.29 Å². The maximum atomic E-state index is 9.67. The van der Waals surface area contributed by atoms with Crippen molar-refractivity contribution in [2.75, 3.05) is 0 Å². The normalized spacial score (nSPS) is 8.73. The highest BCUT2D eigenvalue weighted by molar-refractivity contribution is 5.71. The van der Waals surface area contributed by atoms with Crippen LogP contribution >= 0.6 is 0 Å². The van der Waals surface area contributed by atoms with Crippen LogP contribution in [-0.2, 0) is 4.79 Å². The molecule has 0 atom stereocenters. The molecular weight excluding hydrogens is 138 g/mol. The summed E-state index contributed by atoms with van der Waals surface area (Å²) in [6.07, 6.45) is 2.60. The second kappa shape index (κ2) is 8.64. The van der Waals surface area contributed by atoms with Gasteiger partial charge in [0.15, 0.2) is 0 Å². The molecule has 11 heavy (non-hydrogen) atoms. The lowest BCUT2D eigenvalue weighted by Crippen LogP contribution is -1.69. The SMILES string of the molecule is C=C(C)C#N.CC=C(C)C=O. The molecule has 0 aromatic heterocycles. The van der Waals surface area contributed by atoms with Crippen LogP contribution < -0.4 is 0 Å². The maximum absolute atomic E-state index is 9.67. The number of rotatable bonds is 1. The van der Waals surface area contributed by atoms with Crippen LogP contribution in [0, 0.1) is 11.3 Å². The second-order valence-electron chi connectivity index (χ2n) is 2.04. The number of hydrogen-bond acceptors (Lipinski definition) is 2. The Morgan fingerprint density at radius 1 is 1.55 bits per heavy atom. The standard InChI is InChI=1S/C5H8O.C4H5N/c1-3-5(2)4-6;1-4(2)3-5/h3-4H,1-2H3;1H2,2H3. The quantitative estimate of drug-likeness (QED) is 0.327. The van der Waals surface area contributed by atoms with Gasteiger partial charge in [-0.05, 0) is 26.3 Å². The van der Waals surface area contributed by atoms with Crippen LogP contribution in [0.3, 0.4) is 0 Å². The molecule has 0 radical (unpaired) electrons. The van der Waals surface area contributed by atoms with E-state index in [1.165, 1.54) is 0 Å². The lowest BCUT2D eigenvalue weighted by molar-refractivity contribution is -0.104. The second-order valence-corrected chi connectivity index (χ2v) is 2.04. The van der Waals surface area contributed by atoms with Crippen molar-refractivity contribution in [3.05, 3.63) is 23.8 Å². The van der Waals surface area contributed by atoms with E-state index < -0.39 is 0 Å². The van der Waals surface area contributed by atoms with Gasteiger partial charge in [-0.3, -0.25) is 4.79 Å². The highest BCUT2D eigenvalue weighted by Gasteiger charge is 1.72. The molecule has 0 aromatic carbocycles. The van der Waals surface area contributed by atoms with Gasteiger partial charge < -0.3 is 0 Å². The molecule has 60 valence electrons. The molecule has 2 nitrogen and oxygen atoms in total. The summed E-state index contributed by atoms with van der Waals surface area (Å²) in [5.74, 6) is 0. The number of carbonyl (C=O) groups is 1. The summed E-state index contributed by atoms with van der Waals surface area (Å²) in [6.45, 7) is 8.59. The largest absolute Gasteiger partial charge is 0.298 e. The van der Waals surface area contributed by atoms with Gasteiger partial charge in [0.25, 0.3) is 0 Å². The number of carbonyl (C=O) groups excluding carboxylic acids is 1. The molecule has 0 aromatic rings. The van der Waals surface area contributed by atoms with Gasteiger partial charge in [0.2, 0.25) is 0 Å². The van der Waals surface area contributed by atoms with Gasteiger partial charge in [-0.15, -0.1) is 0 Å². The zero-order valence-corrected chi connectivity index (χ0v) is 7.22. The van der Waals surface area contributed by atoms with Crippen LogP contribution in [0.15, 0.2) is 23.8 Å². The molecule has 0 rings (SSSR count). The molecule has 0 saturated heterocycles. The number of hydrogen-bond donors (Lipinski definition) is 0. The van der Waals surface area contributed by atoms with Crippen molar-refractivity contribution in [3.63, 3.8) is 0 Å². The number of allylic oxidation sites excluding steroid dienone is 3. The lowest BCUT2D eigenvalue weighted by Gasteiger charge is -1.73. The molecule has 0 bridgehead atoms. The Kier molecular flexibility index (Phi) is 9.68. The van der Waals surface area contributed by atoms with Gasteiger partial charge in [-0.2, -0.15) is 5.26 Å². The van der Waals surface area contributed by atoms with Crippen molar-refractivity contribution in [2.45, 2.75) is 20.8 Å². The van der Waals surface area contributed by atoms with Crippen LogP contribution in [0.1, 0.15) is 20.8 Å². The van der Waals surface area contributed by atoms with E-state index in [2.05, 4.69) is 6.58 Å².